The quantitative estimate of drug-likeness (QED) is 0.683. The van der Waals surface area contributed by atoms with E-state index < -0.39 is 12.0 Å². The Hall–Kier alpha value is -1.30. The van der Waals surface area contributed by atoms with Gasteiger partial charge in [0.25, 0.3) is 0 Å². The maximum absolute atomic E-state index is 11.8. The Morgan fingerprint density at radius 2 is 2.15 bits per heavy atom. The molecule has 3 atom stereocenters. The van der Waals surface area contributed by atoms with E-state index >= 15 is 0 Å². The molecule has 1 saturated heterocycles. The Morgan fingerprint density at radius 3 is 2.70 bits per heavy atom. The van der Waals surface area contributed by atoms with E-state index in [1.165, 1.54) is 0 Å². The van der Waals surface area contributed by atoms with Gasteiger partial charge in [-0.15, -0.1) is 0 Å². The summed E-state index contributed by atoms with van der Waals surface area (Å²) in [5, 5.41) is 14.5. The van der Waals surface area contributed by atoms with Crippen molar-refractivity contribution in [1.82, 2.24) is 15.5 Å². The fraction of sp³-hybridized carbons (Fsp3) is 0.857. The van der Waals surface area contributed by atoms with Crippen molar-refractivity contribution in [2.45, 2.75) is 39.2 Å². The number of hydrogen-bond acceptors (Lipinski definition) is 3. The van der Waals surface area contributed by atoms with E-state index in [1.54, 1.807) is 0 Å². The van der Waals surface area contributed by atoms with Gasteiger partial charge in [0.2, 0.25) is 0 Å². The molecule has 0 radical (unpaired) electrons. The van der Waals surface area contributed by atoms with Crippen LogP contribution in [0.2, 0.25) is 0 Å². The molecule has 3 unspecified atom stereocenters. The summed E-state index contributed by atoms with van der Waals surface area (Å²) >= 11 is 0. The van der Waals surface area contributed by atoms with Crippen LogP contribution in [0.3, 0.4) is 0 Å². The molecule has 1 heterocycles. The first kappa shape index (κ1) is 16.8. The van der Waals surface area contributed by atoms with Gasteiger partial charge in [0.1, 0.15) is 6.04 Å². The van der Waals surface area contributed by atoms with Crippen LogP contribution in [0.25, 0.3) is 0 Å². The molecule has 0 aromatic heterocycles. The van der Waals surface area contributed by atoms with E-state index in [9.17, 15) is 9.59 Å². The van der Waals surface area contributed by atoms with E-state index in [4.69, 9.17) is 5.11 Å². The summed E-state index contributed by atoms with van der Waals surface area (Å²) in [5.41, 5.74) is 0. The highest BCUT2D eigenvalue weighted by Gasteiger charge is 2.25. The molecule has 116 valence electrons. The molecule has 6 nitrogen and oxygen atoms in total. The molecular weight excluding hydrogens is 258 g/mol. The molecule has 20 heavy (non-hydrogen) atoms. The van der Waals surface area contributed by atoms with Crippen LogP contribution in [0.1, 0.15) is 33.1 Å². The highest BCUT2D eigenvalue weighted by atomic mass is 16.4. The number of carbonyl (C=O) groups is 2. The van der Waals surface area contributed by atoms with E-state index in [-0.39, 0.29) is 11.9 Å². The van der Waals surface area contributed by atoms with Crippen LogP contribution < -0.4 is 10.6 Å². The summed E-state index contributed by atoms with van der Waals surface area (Å²) in [6.07, 6.45) is 2.97. The molecule has 2 amide bonds. The van der Waals surface area contributed by atoms with Crippen LogP contribution in [0.4, 0.5) is 4.79 Å². The highest BCUT2D eigenvalue weighted by Crippen LogP contribution is 2.14. The Bertz CT molecular complexity index is 336. The minimum absolute atomic E-state index is 0.0842. The summed E-state index contributed by atoms with van der Waals surface area (Å²) in [6, 6.07) is -1.21. The number of likely N-dealkylation sites (tertiary alicyclic amines) is 1. The van der Waals surface area contributed by atoms with Gasteiger partial charge in [-0.3, -0.25) is 0 Å². The van der Waals surface area contributed by atoms with E-state index in [0.717, 1.165) is 25.9 Å². The number of urea groups is 1. The smallest absolute Gasteiger partial charge is 0.326 e. The van der Waals surface area contributed by atoms with Crippen molar-refractivity contribution in [3.8, 4) is 0 Å². The third-order valence-corrected chi connectivity index (χ3v) is 4.04. The standard InChI is InChI=1S/C14H27N3O3/c1-4-10(2)12(13(18)19)16-14(20)15-8-11-6-5-7-17(3)9-11/h10-12H,4-9H2,1-3H3,(H,18,19)(H2,15,16,20). The van der Waals surface area contributed by atoms with Crippen molar-refractivity contribution < 1.29 is 14.7 Å². The predicted molar refractivity (Wildman–Crippen MR) is 77.6 cm³/mol. The summed E-state index contributed by atoms with van der Waals surface area (Å²) in [5.74, 6) is -0.614. The Labute approximate surface area is 120 Å². The Morgan fingerprint density at radius 1 is 1.45 bits per heavy atom. The van der Waals surface area contributed by atoms with Gasteiger partial charge in [-0.1, -0.05) is 20.3 Å². The number of aliphatic carboxylic acids is 1. The molecule has 0 aliphatic carbocycles. The summed E-state index contributed by atoms with van der Waals surface area (Å²) in [4.78, 5) is 25.2. The predicted octanol–water partition coefficient (Wildman–Crippen LogP) is 1.13. The van der Waals surface area contributed by atoms with Gasteiger partial charge in [-0.05, 0) is 38.3 Å². The Kier molecular flexibility index (Phi) is 6.78. The number of hydrogen-bond donors (Lipinski definition) is 3. The van der Waals surface area contributed by atoms with E-state index in [1.807, 2.05) is 13.8 Å². The van der Waals surface area contributed by atoms with Crippen LogP contribution in [0, 0.1) is 11.8 Å². The third-order valence-electron chi connectivity index (χ3n) is 4.04. The van der Waals surface area contributed by atoms with E-state index in [0.29, 0.717) is 18.9 Å². The normalized spacial score (nSPS) is 22.9. The van der Waals surface area contributed by atoms with Crippen molar-refractivity contribution in [3.63, 3.8) is 0 Å². The molecule has 0 bridgehead atoms. The number of carboxylic acids is 1. The topological polar surface area (TPSA) is 81.7 Å². The largest absolute Gasteiger partial charge is 0.480 e. The molecule has 0 aromatic carbocycles. The fourth-order valence-corrected chi connectivity index (χ4v) is 2.55. The first-order chi connectivity index (χ1) is 9.43. The number of nitrogens with zero attached hydrogens (tertiary/aromatic N) is 1. The van der Waals surface area contributed by atoms with Crippen molar-refractivity contribution >= 4 is 12.0 Å². The Balaban J connectivity index is 2.36. The van der Waals surface area contributed by atoms with Crippen molar-refractivity contribution in [2.24, 2.45) is 11.8 Å². The van der Waals surface area contributed by atoms with Crippen molar-refractivity contribution in [1.29, 1.82) is 0 Å². The summed E-state index contributed by atoms with van der Waals surface area (Å²) in [7, 11) is 2.08. The lowest BCUT2D eigenvalue weighted by atomic mass is 9.98. The van der Waals surface area contributed by atoms with Gasteiger partial charge in [-0.2, -0.15) is 0 Å². The lowest BCUT2D eigenvalue weighted by Gasteiger charge is -2.30. The average Bonchev–Trinajstić information content (AvgIpc) is 2.41. The second kappa shape index (κ2) is 8.09. The molecule has 0 saturated carbocycles. The molecule has 0 spiro atoms. The number of amides is 2. The second-order valence-corrected chi connectivity index (χ2v) is 5.83. The van der Waals surface area contributed by atoms with Crippen LogP contribution in [-0.4, -0.2) is 54.7 Å². The second-order valence-electron chi connectivity index (χ2n) is 5.83. The molecule has 6 heteroatoms. The van der Waals surface area contributed by atoms with Gasteiger partial charge >= 0.3 is 12.0 Å². The maximum Gasteiger partial charge on any atom is 0.326 e. The first-order valence-electron chi connectivity index (χ1n) is 7.39. The van der Waals surface area contributed by atoms with Crippen molar-refractivity contribution in [2.75, 3.05) is 26.7 Å². The summed E-state index contributed by atoms with van der Waals surface area (Å²) < 4.78 is 0. The number of nitrogens with one attached hydrogen (secondary N) is 2. The molecule has 3 N–H and O–H groups in total. The first-order valence-corrected chi connectivity index (χ1v) is 7.39. The maximum atomic E-state index is 11.8. The lowest BCUT2D eigenvalue weighted by molar-refractivity contribution is -0.140. The average molecular weight is 285 g/mol. The monoisotopic (exact) mass is 285 g/mol. The number of carbonyl (C=O) groups excluding carboxylic acids is 1. The van der Waals surface area contributed by atoms with Gasteiger partial charge in [0.15, 0.2) is 0 Å². The van der Waals surface area contributed by atoms with Crippen LogP contribution in [-0.2, 0) is 4.79 Å². The van der Waals surface area contributed by atoms with Crippen LogP contribution in [0.15, 0.2) is 0 Å². The molecular formula is C14H27N3O3. The zero-order valence-corrected chi connectivity index (χ0v) is 12.7. The van der Waals surface area contributed by atoms with Gasteiger partial charge < -0.3 is 20.6 Å². The third kappa shape index (κ3) is 5.36. The minimum atomic E-state index is -0.980. The molecule has 0 aromatic rings. The van der Waals surface area contributed by atoms with Crippen molar-refractivity contribution in [3.05, 3.63) is 0 Å². The van der Waals surface area contributed by atoms with Gasteiger partial charge in [0.05, 0.1) is 0 Å². The summed E-state index contributed by atoms with van der Waals surface area (Å²) in [6.45, 7) is 6.43. The zero-order chi connectivity index (χ0) is 15.1. The SMILES string of the molecule is CCC(C)C(NC(=O)NCC1CCCN(C)C1)C(=O)O. The fourth-order valence-electron chi connectivity index (χ4n) is 2.55. The molecule has 1 aliphatic heterocycles. The number of rotatable bonds is 6. The van der Waals surface area contributed by atoms with Crippen LogP contribution in [0.5, 0.6) is 0 Å². The highest BCUT2D eigenvalue weighted by molar-refractivity contribution is 5.82. The van der Waals surface area contributed by atoms with Crippen LogP contribution >= 0.6 is 0 Å². The minimum Gasteiger partial charge on any atom is -0.480 e. The van der Waals surface area contributed by atoms with Gasteiger partial charge in [-0.25, -0.2) is 9.59 Å². The molecule has 1 rings (SSSR count). The molecule has 1 fully saturated rings. The van der Waals surface area contributed by atoms with E-state index in [2.05, 4.69) is 22.6 Å². The lowest BCUT2D eigenvalue weighted by Crippen LogP contribution is -2.50. The number of piperidine rings is 1. The molecule has 1 aliphatic rings. The number of carboxylic acid groups (broad SMARTS) is 1. The van der Waals surface area contributed by atoms with Gasteiger partial charge in [0, 0.05) is 13.1 Å². The zero-order valence-electron chi connectivity index (χ0n) is 12.7.